The van der Waals surface area contributed by atoms with Crippen LogP contribution in [0.4, 0.5) is 0 Å². The number of hydrogen-bond donors (Lipinski definition) is 3. The van der Waals surface area contributed by atoms with Crippen molar-refractivity contribution < 1.29 is 9.53 Å². The lowest BCUT2D eigenvalue weighted by Crippen LogP contribution is -2.44. The first-order valence-electron chi connectivity index (χ1n) is 10.9. The highest BCUT2D eigenvalue weighted by molar-refractivity contribution is 5.94. The molecule has 1 saturated heterocycles. The number of carbonyl (C=O) groups excluding carboxylic acids is 1. The number of hydrogen-bond acceptors (Lipinski definition) is 4. The summed E-state index contributed by atoms with van der Waals surface area (Å²) in [4.78, 5) is 12.7. The van der Waals surface area contributed by atoms with Gasteiger partial charge in [0.05, 0.1) is 24.8 Å². The van der Waals surface area contributed by atoms with Crippen LogP contribution in [-0.4, -0.2) is 23.7 Å². The van der Waals surface area contributed by atoms with Crippen molar-refractivity contribution in [1.29, 1.82) is 0 Å². The predicted molar refractivity (Wildman–Crippen MR) is 124 cm³/mol. The molecule has 2 heterocycles. The van der Waals surface area contributed by atoms with Gasteiger partial charge in [0.1, 0.15) is 5.75 Å². The van der Waals surface area contributed by atoms with Crippen molar-refractivity contribution in [2.75, 3.05) is 7.11 Å². The van der Waals surface area contributed by atoms with E-state index in [4.69, 9.17) is 4.74 Å². The topological polar surface area (TPSA) is 67.3 Å². The van der Waals surface area contributed by atoms with Crippen LogP contribution in [0.2, 0.25) is 0 Å². The zero-order valence-electron chi connectivity index (χ0n) is 19.0. The summed E-state index contributed by atoms with van der Waals surface area (Å²) in [5.74, 6) is 0.785. The van der Waals surface area contributed by atoms with E-state index in [-0.39, 0.29) is 23.5 Å². The Labute approximate surface area is 183 Å². The summed E-state index contributed by atoms with van der Waals surface area (Å²) in [5.41, 5.74) is 10.9. The minimum Gasteiger partial charge on any atom is -0.497 e. The van der Waals surface area contributed by atoms with Crippen LogP contribution in [-0.2, 0) is 12.0 Å². The lowest BCUT2D eigenvalue weighted by Gasteiger charge is -2.19. The van der Waals surface area contributed by atoms with Crippen LogP contribution in [0.15, 0.2) is 48.5 Å². The Bertz CT molecular complexity index is 1080. The zero-order chi connectivity index (χ0) is 22.2. The maximum atomic E-state index is 12.7. The summed E-state index contributed by atoms with van der Waals surface area (Å²) < 4.78 is 7.69. The van der Waals surface area contributed by atoms with Crippen molar-refractivity contribution in [3.05, 3.63) is 65.4 Å². The van der Waals surface area contributed by atoms with Crippen molar-refractivity contribution in [2.24, 2.45) is 0 Å². The molecule has 6 nitrogen and oxygen atoms in total. The first-order chi connectivity index (χ1) is 14.8. The number of methoxy groups -OCH3 is 1. The van der Waals surface area contributed by atoms with E-state index in [1.54, 1.807) is 7.11 Å². The molecule has 0 radical (unpaired) electrons. The number of nitrogens with one attached hydrogen (secondary N) is 3. The fraction of sp³-hybridized carbons (Fsp3) is 0.400. The SMILES string of the molecule is CCn1c(C2CC(NC(=O)c3ccc(C(C)(C)C)cc3)NN2)cc2ccc(OC)cc21. The molecule has 164 valence electrons. The van der Waals surface area contributed by atoms with Crippen molar-refractivity contribution in [1.82, 2.24) is 20.7 Å². The Morgan fingerprint density at radius 1 is 1.13 bits per heavy atom. The van der Waals surface area contributed by atoms with E-state index in [0.29, 0.717) is 5.56 Å². The Balaban J connectivity index is 1.46. The second kappa shape index (κ2) is 8.36. The van der Waals surface area contributed by atoms with Gasteiger partial charge in [-0.15, -0.1) is 0 Å². The van der Waals surface area contributed by atoms with E-state index < -0.39 is 0 Å². The maximum Gasteiger partial charge on any atom is 0.252 e. The smallest absolute Gasteiger partial charge is 0.252 e. The highest BCUT2D eigenvalue weighted by Gasteiger charge is 2.29. The Hall–Kier alpha value is -2.83. The number of ether oxygens (including phenoxy) is 1. The highest BCUT2D eigenvalue weighted by Crippen LogP contribution is 2.30. The van der Waals surface area contributed by atoms with E-state index >= 15 is 0 Å². The quantitative estimate of drug-likeness (QED) is 0.577. The van der Waals surface area contributed by atoms with E-state index in [1.165, 1.54) is 16.6 Å². The molecule has 1 aliphatic rings. The Morgan fingerprint density at radius 3 is 2.52 bits per heavy atom. The molecule has 1 aliphatic heterocycles. The normalized spacial score (nSPS) is 19.0. The number of hydrazine groups is 1. The number of aromatic nitrogens is 1. The molecule has 3 N–H and O–H groups in total. The molecule has 0 saturated carbocycles. The molecule has 0 bridgehead atoms. The van der Waals surface area contributed by atoms with Gasteiger partial charge in [-0.05, 0) is 48.2 Å². The third-order valence-electron chi connectivity index (χ3n) is 6.04. The second-order valence-corrected chi connectivity index (χ2v) is 9.17. The molecule has 1 amide bonds. The van der Waals surface area contributed by atoms with Crippen LogP contribution in [0.5, 0.6) is 5.75 Å². The Morgan fingerprint density at radius 2 is 1.87 bits per heavy atom. The Kier molecular flexibility index (Phi) is 5.77. The van der Waals surface area contributed by atoms with Crippen LogP contribution in [0.25, 0.3) is 10.9 Å². The van der Waals surface area contributed by atoms with E-state index in [0.717, 1.165) is 24.2 Å². The standard InChI is InChI=1S/C25H32N4O2/c1-6-29-21-14-19(31-5)12-9-17(21)13-22(29)20-15-23(28-27-20)26-24(30)16-7-10-18(11-8-16)25(2,3)4/h7-14,20,23,27-28H,6,15H2,1-5H3,(H,26,30). The van der Waals surface area contributed by atoms with Gasteiger partial charge in [0.15, 0.2) is 0 Å². The molecule has 1 aromatic heterocycles. The molecule has 6 heteroatoms. The molecule has 4 rings (SSSR count). The number of amides is 1. The first-order valence-corrected chi connectivity index (χ1v) is 10.9. The summed E-state index contributed by atoms with van der Waals surface area (Å²) in [7, 11) is 1.69. The molecular weight excluding hydrogens is 388 g/mol. The molecule has 2 aromatic carbocycles. The van der Waals surface area contributed by atoms with E-state index in [9.17, 15) is 4.79 Å². The van der Waals surface area contributed by atoms with Crippen LogP contribution in [0.1, 0.15) is 61.8 Å². The van der Waals surface area contributed by atoms with Crippen LogP contribution in [0, 0.1) is 0 Å². The van der Waals surface area contributed by atoms with Gasteiger partial charge in [-0.25, -0.2) is 10.9 Å². The van der Waals surface area contributed by atoms with Crippen LogP contribution >= 0.6 is 0 Å². The minimum atomic E-state index is -0.141. The molecule has 2 unspecified atom stereocenters. The second-order valence-electron chi connectivity index (χ2n) is 9.17. The van der Waals surface area contributed by atoms with Crippen LogP contribution in [0.3, 0.4) is 0 Å². The lowest BCUT2D eigenvalue weighted by atomic mass is 9.87. The summed E-state index contributed by atoms with van der Waals surface area (Å²) in [6, 6.07) is 16.3. The molecule has 2 atom stereocenters. The molecule has 0 aliphatic carbocycles. The highest BCUT2D eigenvalue weighted by atomic mass is 16.5. The predicted octanol–water partition coefficient (Wildman–Crippen LogP) is 4.26. The largest absolute Gasteiger partial charge is 0.497 e. The van der Waals surface area contributed by atoms with Gasteiger partial charge in [0.25, 0.3) is 5.91 Å². The molecular formula is C25H32N4O2. The van der Waals surface area contributed by atoms with E-state index in [1.807, 2.05) is 30.3 Å². The minimum absolute atomic E-state index is 0.0684. The van der Waals surface area contributed by atoms with Gasteiger partial charge >= 0.3 is 0 Å². The third kappa shape index (κ3) is 4.31. The monoisotopic (exact) mass is 420 g/mol. The van der Waals surface area contributed by atoms with Gasteiger partial charge in [0, 0.05) is 35.7 Å². The van der Waals surface area contributed by atoms with Gasteiger partial charge in [-0.2, -0.15) is 0 Å². The average molecular weight is 421 g/mol. The van der Waals surface area contributed by atoms with E-state index in [2.05, 4.69) is 66.6 Å². The summed E-state index contributed by atoms with van der Waals surface area (Å²) in [6.07, 6.45) is 0.622. The van der Waals surface area contributed by atoms with Crippen molar-refractivity contribution >= 4 is 16.8 Å². The van der Waals surface area contributed by atoms with Gasteiger partial charge in [-0.1, -0.05) is 32.9 Å². The number of fused-ring (bicyclic) bond motifs is 1. The number of carbonyl (C=O) groups is 1. The number of rotatable bonds is 5. The molecule has 0 spiro atoms. The fourth-order valence-corrected chi connectivity index (χ4v) is 4.23. The summed E-state index contributed by atoms with van der Waals surface area (Å²) >= 11 is 0. The number of nitrogens with zero attached hydrogens (tertiary/aromatic N) is 1. The zero-order valence-corrected chi connectivity index (χ0v) is 19.0. The van der Waals surface area contributed by atoms with Crippen molar-refractivity contribution in [2.45, 2.75) is 58.3 Å². The third-order valence-corrected chi connectivity index (χ3v) is 6.04. The maximum absolute atomic E-state index is 12.7. The van der Waals surface area contributed by atoms with Gasteiger partial charge < -0.3 is 14.6 Å². The lowest BCUT2D eigenvalue weighted by molar-refractivity contribution is 0.0932. The first kappa shape index (κ1) is 21.4. The van der Waals surface area contributed by atoms with Crippen LogP contribution < -0.4 is 20.9 Å². The molecule has 3 aromatic rings. The summed E-state index contributed by atoms with van der Waals surface area (Å²) in [6.45, 7) is 9.51. The fourth-order valence-electron chi connectivity index (χ4n) is 4.23. The number of benzene rings is 2. The van der Waals surface area contributed by atoms with Crippen molar-refractivity contribution in [3.8, 4) is 5.75 Å². The molecule has 1 fully saturated rings. The average Bonchev–Trinajstić information content (AvgIpc) is 3.36. The number of aryl methyl sites for hydroxylation is 1. The van der Waals surface area contributed by atoms with Crippen molar-refractivity contribution in [3.63, 3.8) is 0 Å². The molecule has 31 heavy (non-hydrogen) atoms. The van der Waals surface area contributed by atoms with Gasteiger partial charge in [0.2, 0.25) is 0 Å². The summed E-state index contributed by atoms with van der Waals surface area (Å²) in [5, 5.41) is 4.29. The van der Waals surface area contributed by atoms with Gasteiger partial charge in [-0.3, -0.25) is 4.79 Å².